The van der Waals surface area contributed by atoms with Crippen LogP contribution in [-0.4, -0.2) is 8.80 Å². The maximum absolute atomic E-state index is 2.60. The van der Waals surface area contributed by atoms with Crippen LogP contribution in [0.2, 0.25) is 0 Å². The molecule has 306 valence electrons. The Morgan fingerprint density at radius 2 is 0.576 bits per heavy atom. The molecule has 66 heavy (non-hydrogen) atoms. The van der Waals surface area contributed by atoms with Gasteiger partial charge in [-0.2, -0.15) is 0 Å². The molecule has 4 heteroatoms. The maximum atomic E-state index is 2.60. The van der Waals surface area contributed by atoms with E-state index in [1.807, 2.05) is 0 Å². The van der Waals surface area contributed by atoms with Crippen molar-refractivity contribution in [3.8, 4) is 0 Å². The van der Waals surface area contributed by atoms with E-state index < -0.39 is 0 Å². The van der Waals surface area contributed by atoms with Gasteiger partial charge in [-0.05, 0) is 106 Å². The van der Waals surface area contributed by atoms with Crippen molar-refractivity contribution < 1.29 is 0 Å². The van der Waals surface area contributed by atoms with Gasteiger partial charge < -0.3 is 18.6 Å². The van der Waals surface area contributed by atoms with Crippen molar-refractivity contribution in [2.24, 2.45) is 0 Å². The number of anilines is 6. The van der Waals surface area contributed by atoms with E-state index in [9.17, 15) is 0 Å². The Morgan fingerprint density at radius 3 is 0.955 bits per heavy atom. The van der Waals surface area contributed by atoms with Gasteiger partial charge in [-0.1, -0.05) is 146 Å². The van der Waals surface area contributed by atoms with Crippen LogP contribution < -0.4 is 9.80 Å². The summed E-state index contributed by atoms with van der Waals surface area (Å²) in [5.41, 5.74) is 14.1. The Labute approximate surface area is 379 Å². The fourth-order valence-electron chi connectivity index (χ4n) is 11.6. The van der Waals surface area contributed by atoms with Crippen molar-refractivity contribution >= 4 is 132 Å². The van der Waals surface area contributed by atoms with Crippen LogP contribution in [0.15, 0.2) is 231 Å². The lowest BCUT2D eigenvalue weighted by Crippen LogP contribution is -2.10. The molecule has 0 N–H and O–H groups in total. The Balaban J connectivity index is 1.16. The van der Waals surface area contributed by atoms with E-state index in [4.69, 9.17) is 0 Å². The molecule has 0 saturated heterocycles. The predicted molar refractivity (Wildman–Crippen MR) is 280 cm³/mol. The van der Waals surface area contributed by atoms with Crippen LogP contribution in [0.25, 0.3) is 97.7 Å². The van der Waals surface area contributed by atoms with Crippen molar-refractivity contribution in [3.63, 3.8) is 0 Å². The van der Waals surface area contributed by atoms with Gasteiger partial charge in [-0.3, -0.25) is 0 Å². The van der Waals surface area contributed by atoms with Gasteiger partial charge in [0.15, 0.2) is 0 Å². The molecule has 0 aliphatic carbocycles. The maximum Gasteiger partial charge on any atom is 0.0782 e. The minimum absolute atomic E-state index is 1.12. The summed E-state index contributed by atoms with van der Waals surface area (Å²) in [5.74, 6) is 0. The molecule has 0 saturated carbocycles. The first-order chi connectivity index (χ1) is 32.8. The number of fused-ring (bicyclic) bond motifs is 16. The lowest BCUT2D eigenvalue weighted by atomic mass is 9.98. The van der Waals surface area contributed by atoms with E-state index in [0.29, 0.717) is 0 Å². The Morgan fingerprint density at radius 1 is 0.242 bits per heavy atom. The summed E-state index contributed by atoms with van der Waals surface area (Å²) >= 11 is 0. The van der Waals surface area contributed by atoms with E-state index in [1.165, 1.54) is 97.7 Å². The third-order valence-electron chi connectivity index (χ3n) is 14.2. The topological polar surface area (TPSA) is 15.3 Å². The van der Waals surface area contributed by atoms with Crippen LogP contribution >= 0.6 is 0 Å². The molecule has 11 aromatic carbocycles. The molecule has 0 unspecified atom stereocenters. The van der Waals surface area contributed by atoms with Crippen molar-refractivity contribution in [1.82, 2.24) is 8.80 Å². The second-order valence-electron chi connectivity index (χ2n) is 17.7. The van der Waals surface area contributed by atoms with E-state index >= 15 is 0 Å². The Hall–Kier alpha value is -8.86. The fraction of sp³-hybridized carbons (Fsp3) is 0. The Kier molecular flexibility index (Phi) is 7.19. The highest BCUT2D eigenvalue weighted by molar-refractivity contribution is 6.37. The zero-order chi connectivity index (χ0) is 43.0. The molecule has 0 atom stereocenters. The molecular weight excluding hydrogens is 801 g/mol. The summed E-state index contributed by atoms with van der Waals surface area (Å²) in [7, 11) is 0. The molecule has 4 heterocycles. The summed E-state index contributed by atoms with van der Waals surface area (Å²) in [4.78, 5) is 4.85. The molecule has 0 amide bonds. The molecule has 0 aliphatic rings. The van der Waals surface area contributed by atoms with E-state index in [-0.39, 0.29) is 0 Å². The number of hydrogen-bond acceptors (Lipinski definition) is 2. The van der Waals surface area contributed by atoms with Crippen LogP contribution in [-0.2, 0) is 0 Å². The lowest BCUT2D eigenvalue weighted by Gasteiger charge is -2.26. The minimum atomic E-state index is 1.12. The van der Waals surface area contributed by atoms with E-state index in [1.54, 1.807) is 0 Å². The van der Waals surface area contributed by atoms with Gasteiger partial charge in [0.2, 0.25) is 0 Å². The molecule has 0 radical (unpaired) electrons. The summed E-state index contributed by atoms with van der Waals surface area (Å²) in [6.07, 6.45) is 0. The van der Waals surface area contributed by atoms with Crippen LogP contribution in [0, 0.1) is 0 Å². The molecule has 15 aromatic rings. The summed E-state index contributed by atoms with van der Waals surface area (Å²) in [6, 6.07) is 84.7. The quantitative estimate of drug-likeness (QED) is 0.166. The summed E-state index contributed by atoms with van der Waals surface area (Å²) in [6.45, 7) is 0. The first-order valence-corrected chi connectivity index (χ1v) is 22.8. The average Bonchev–Trinajstić information content (AvgIpc) is 4.10. The highest BCUT2D eigenvalue weighted by Gasteiger charge is 2.29. The van der Waals surface area contributed by atoms with Crippen LogP contribution in [0.1, 0.15) is 0 Å². The van der Waals surface area contributed by atoms with Crippen molar-refractivity contribution in [2.45, 2.75) is 0 Å². The number of hydrogen-bond donors (Lipinski definition) is 0. The van der Waals surface area contributed by atoms with Crippen LogP contribution in [0.5, 0.6) is 0 Å². The minimum Gasteiger partial charge on any atom is -0.308 e. The third kappa shape index (κ3) is 4.72. The molecule has 15 rings (SSSR count). The second kappa shape index (κ2) is 13.3. The molecule has 4 nitrogen and oxygen atoms in total. The first-order valence-electron chi connectivity index (χ1n) is 22.8. The normalized spacial score (nSPS) is 12.2. The van der Waals surface area contributed by atoms with E-state index in [0.717, 1.165) is 34.1 Å². The van der Waals surface area contributed by atoms with Gasteiger partial charge in [0.1, 0.15) is 0 Å². The average molecular weight is 839 g/mol. The molecule has 4 aromatic heterocycles. The number of nitrogens with zero attached hydrogens (tertiary/aromatic N) is 4. The van der Waals surface area contributed by atoms with Crippen LogP contribution in [0.4, 0.5) is 34.1 Å². The molecule has 0 fully saturated rings. The molecular formula is C62H38N4. The number of aromatic nitrogens is 2. The van der Waals surface area contributed by atoms with E-state index in [2.05, 4.69) is 249 Å². The zero-order valence-electron chi connectivity index (χ0n) is 35.7. The van der Waals surface area contributed by atoms with Crippen molar-refractivity contribution in [3.05, 3.63) is 231 Å². The van der Waals surface area contributed by atoms with Gasteiger partial charge in [-0.15, -0.1) is 0 Å². The molecule has 0 bridgehead atoms. The lowest BCUT2D eigenvalue weighted by molar-refractivity contribution is 1.27. The SMILES string of the molecule is c1ccc(N(c2ccccc2)c2cccc3c4cc5ccccc5c5c6cc7c(cc6n(c23)c45)c2c3ccccc3cc3c4cccc(N(c5ccccc5)c5ccccc5)c4n7c32)cc1. The number of benzene rings is 11. The standard InChI is InChI=1S/C62H38N4/c1-5-21-41(22-6-1)63(42-23-7-2-8-24-42)53-33-17-31-47-49-35-39-19-13-15-29-45(39)57-51-38-56-52(37-55(51)65(59(47)53)61(49)57)58-46-30-16-14-20-40(46)36-50-48-32-18-34-54(60(48)66(56)62(50)58)64(43-25-9-3-10-26-43)44-27-11-4-12-28-44/h1-38H. The highest BCUT2D eigenvalue weighted by atomic mass is 15.2. The highest BCUT2D eigenvalue weighted by Crippen LogP contribution is 2.52. The third-order valence-corrected chi connectivity index (χ3v) is 14.2. The molecule has 0 aliphatic heterocycles. The zero-order valence-corrected chi connectivity index (χ0v) is 35.7. The second-order valence-corrected chi connectivity index (χ2v) is 17.7. The summed E-state index contributed by atoms with van der Waals surface area (Å²) in [5, 5.41) is 15.1. The van der Waals surface area contributed by atoms with Gasteiger partial charge >= 0.3 is 0 Å². The summed E-state index contributed by atoms with van der Waals surface area (Å²) < 4.78 is 5.20. The Bertz CT molecular complexity index is 4020. The fourth-order valence-corrected chi connectivity index (χ4v) is 11.6. The monoisotopic (exact) mass is 838 g/mol. The largest absolute Gasteiger partial charge is 0.308 e. The smallest absolute Gasteiger partial charge is 0.0782 e. The van der Waals surface area contributed by atoms with Crippen LogP contribution in [0.3, 0.4) is 0 Å². The first kappa shape index (κ1) is 35.6. The van der Waals surface area contributed by atoms with Gasteiger partial charge in [0, 0.05) is 65.8 Å². The van der Waals surface area contributed by atoms with Crippen molar-refractivity contribution in [2.75, 3.05) is 9.80 Å². The predicted octanol–water partition coefficient (Wildman–Crippen LogP) is 17.2. The number of rotatable bonds is 6. The van der Waals surface area contributed by atoms with Gasteiger partial charge in [0.25, 0.3) is 0 Å². The van der Waals surface area contributed by atoms with Gasteiger partial charge in [-0.25, -0.2) is 0 Å². The molecule has 0 spiro atoms. The number of para-hydroxylation sites is 6. The van der Waals surface area contributed by atoms with Crippen molar-refractivity contribution in [1.29, 1.82) is 0 Å². The van der Waals surface area contributed by atoms with Gasteiger partial charge in [0.05, 0.1) is 44.5 Å².